The van der Waals surface area contributed by atoms with Gasteiger partial charge in [-0.15, -0.1) is 0 Å². The van der Waals surface area contributed by atoms with Gasteiger partial charge in [0, 0.05) is 19.5 Å². The minimum atomic E-state index is 0.454. The summed E-state index contributed by atoms with van der Waals surface area (Å²) in [5, 5.41) is 0. The number of nitrogens with zero attached hydrogens (tertiary/aromatic N) is 1. The fourth-order valence-corrected chi connectivity index (χ4v) is 3.69. The second-order valence-electron chi connectivity index (χ2n) is 6.34. The maximum Gasteiger partial charge on any atom is 0.0733 e. The van der Waals surface area contributed by atoms with Crippen molar-refractivity contribution in [2.45, 2.75) is 51.4 Å². The van der Waals surface area contributed by atoms with Crippen LogP contribution in [0.4, 0.5) is 0 Å². The molecule has 2 aliphatic rings. The lowest BCUT2D eigenvalue weighted by atomic mass is 9.88. The second kappa shape index (κ2) is 5.66. The van der Waals surface area contributed by atoms with Crippen LogP contribution in [0.5, 0.6) is 0 Å². The van der Waals surface area contributed by atoms with Gasteiger partial charge in [0.15, 0.2) is 0 Å². The second-order valence-corrected chi connectivity index (χ2v) is 6.87. The van der Waals surface area contributed by atoms with Gasteiger partial charge >= 0.3 is 0 Å². The van der Waals surface area contributed by atoms with E-state index < -0.39 is 0 Å². The van der Waals surface area contributed by atoms with E-state index in [2.05, 4.69) is 11.9 Å². The maximum atomic E-state index is 5.69. The van der Waals surface area contributed by atoms with E-state index in [-0.39, 0.29) is 0 Å². The van der Waals surface area contributed by atoms with Gasteiger partial charge in [0.1, 0.15) is 0 Å². The van der Waals surface area contributed by atoms with Gasteiger partial charge in [-0.05, 0) is 44.1 Å². The third-order valence-corrected chi connectivity index (χ3v) is 4.55. The van der Waals surface area contributed by atoms with Crippen molar-refractivity contribution in [3.05, 3.63) is 0 Å². The molecule has 2 aliphatic carbocycles. The Kier molecular flexibility index (Phi) is 4.42. The van der Waals surface area contributed by atoms with E-state index in [1.807, 2.05) is 0 Å². The third kappa shape index (κ3) is 4.22. The smallest absolute Gasteiger partial charge is 0.0733 e. The first kappa shape index (κ1) is 13.3. The average molecular weight is 254 g/mol. The molecule has 2 saturated carbocycles. The first-order chi connectivity index (χ1) is 8.10. The Balaban J connectivity index is 1.72. The lowest BCUT2D eigenvalue weighted by Gasteiger charge is -2.29. The molecule has 98 valence electrons. The van der Waals surface area contributed by atoms with Gasteiger partial charge in [0.25, 0.3) is 0 Å². The molecule has 2 nitrogen and oxygen atoms in total. The fraction of sp³-hybridized carbons (Fsp3) is 0.929. The number of hydrogen-bond acceptors (Lipinski definition) is 2. The average Bonchev–Trinajstić information content (AvgIpc) is 2.97. The number of hydrogen-bond donors (Lipinski definition) is 1. The third-order valence-electron chi connectivity index (χ3n) is 4.41. The Morgan fingerprint density at radius 1 is 1.29 bits per heavy atom. The van der Waals surface area contributed by atoms with Crippen LogP contribution >= 0.6 is 12.2 Å². The normalized spacial score (nSPS) is 23.9. The molecule has 0 saturated heterocycles. The molecule has 17 heavy (non-hydrogen) atoms. The SMILES string of the molecule is CN(CC1CCCCC1)CC1(CC(N)=S)CC1. The zero-order valence-electron chi connectivity index (χ0n) is 11.1. The van der Waals surface area contributed by atoms with Gasteiger partial charge in [0.2, 0.25) is 0 Å². The lowest BCUT2D eigenvalue weighted by molar-refractivity contribution is 0.202. The maximum absolute atomic E-state index is 5.69. The molecule has 0 aliphatic heterocycles. The molecule has 0 spiro atoms. The highest BCUT2D eigenvalue weighted by atomic mass is 32.1. The van der Waals surface area contributed by atoms with Gasteiger partial charge in [-0.25, -0.2) is 0 Å². The fourth-order valence-electron chi connectivity index (χ4n) is 3.38. The van der Waals surface area contributed by atoms with Gasteiger partial charge in [-0.2, -0.15) is 0 Å². The highest BCUT2D eigenvalue weighted by Gasteiger charge is 2.43. The van der Waals surface area contributed by atoms with Crippen molar-refractivity contribution in [3.8, 4) is 0 Å². The summed E-state index contributed by atoms with van der Waals surface area (Å²) in [6, 6.07) is 0. The monoisotopic (exact) mass is 254 g/mol. The van der Waals surface area contributed by atoms with Crippen molar-refractivity contribution in [3.63, 3.8) is 0 Å². The van der Waals surface area contributed by atoms with Crippen LogP contribution in [0.1, 0.15) is 51.4 Å². The van der Waals surface area contributed by atoms with Crippen LogP contribution in [0.25, 0.3) is 0 Å². The summed E-state index contributed by atoms with van der Waals surface area (Å²) < 4.78 is 0. The zero-order valence-corrected chi connectivity index (χ0v) is 11.9. The van der Waals surface area contributed by atoms with E-state index in [9.17, 15) is 0 Å². The molecule has 2 rings (SSSR count). The number of rotatable bonds is 6. The van der Waals surface area contributed by atoms with Crippen LogP contribution < -0.4 is 5.73 Å². The summed E-state index contributed by atoms with van der Waals surface area (Å²) in [5.74, 6) is 0.939. The van der Waals surface area contributed by atoms with Gasteiger partial charge < -0.3 is 10.6 Å². The van der Waals surface area contributed by atoms with Crippen molar-refractivity contribution in [2.75, 3.05) is 20.1 Å². The van der Waals surface area contributed by atoms with Crippen LogP contribution in [-0.2, 0) is 0 Å². The van der Waals surface area contributed by atoms with E-state index in [0.717, 1.165) is 12.3 Å². The van der Waals surface area contributed by atoms with Gasteiger partial charge in [-0.1, -0.05) is 31.5 Å². The zero-order chi connectivity index (χ0) is 12.3. The van der Waals surface area contributed by atoms with E-state index in [4.69, 9.17) is 18.0 Å². The van der Waals surface area contributed by atoms with Crippen LogP contribution in [0.15, 0.2) is 0 Å². The Labute approximate surface area is 111 Å². The lowest BCUT2D eigenvalue weighted by Crippen LogP contribution is -2.33. The highest BCUT2D eigenvalue weighted by molar-refractivity contribution is 7.80. The molecular weight excluding hydrogens is 228 g/mol. The molecule has 0 unspecified atom stereocenters. The quantitative estimate of drug-likeness (QED) is 0.739. The van der Waals surface area contributed by atoms with Crippen LogP contribution in [0.2, 0.25) is 0 Å². The van der Waals surface area contributed by atoms with Crippen LogP contribution in [-0.4, -0.2) is 30.0 Å². The standard InChI is InChI=1S/C14H26N2S/c1-16(10-12-5-3-2-4-6-12)11-14(7-8-14)9-13(15)17/h12H,2-11H2,1H3,(H2,15,17). The van der Waals surface area contributed by atoms with Crippen LogP contribution in [0, 0.1) is 11.3 Å². The summed E-state index contributed by atoms with van der Waals surface area (Å²) in [7, 11) is 2.27. The predicted octanol–water partition coefficient (Wildman–Crippen LogP) is 2.95. The molecule has 0 bridgehead atoms. The summed E-state index contributed by atoms with van der Waals surface area (Å²) in [4.78, 5) is 3.23. The van der Waals surface area contributed by atoms with Crippen molar-refractivity contribution >= 4 is 17.2 Å². The first-order valence-electron chi connectivity index (χ1n) is 7.06. The molecule has 2 N–H and O–H groups in total. The topological polar surface area (TPSA) is 29.3 Å². The Bertz CT molecular complexity index is 267. The summed E-state index contributed by atoms with van der Waals surface area (Å²) in [6.07, 6.45) is 10.8. The Hall–Kier alpha value is -0.150. The van der Waals surface area contributed by atoms with Crippen LogP contribution in [0.3, 0.4) is 0 Å². The largest absolute Gasteiger partial charge is 0.393 e. The molecule has 0 atom stereocenters. The molecule has 0 aromatic carbocycles. The number of nitrogens with two attached hydrogens (primary N) is 1. The van der Waals surface area contributed by atoms with Crippen molar-refractivity contribution < 1.29 is 0 Å². The highest BCUT2D eigenvalue weighted by Crippen LogP contribution is 2.49. The first-order valence-corrected chi connectivity index (χ1v) is 7.47. The number of thiocarbonyl (C=S) groups is 1. The van der Waals surface area contributed by atoms with E-state index in [0.29, 0.717) is 10.4 Å². The van der Waals surface area contributed by atoms with E-state index in [1.165, 1.54) is 58.0 Å². The van der Waals surface area contributed by atoms with Crippen molar-refractivity contribution in [2.24, 2.45) is 17.1 Å². The summed E-state index contributed by atoms with van der Waals surface area (Å²) in [5.41, 5.74) is 6.15. The summed E-state index contributed by atoms with van der Waals surface area (Å²) in [6.45, 7) is 2.47. The molecule has 0 aromatic rings. The Morgan fingerprint density at radius 2 is 1.94 bits per heavy atom. The van der Waals surface area contributed by atoms with Gasteiger partial charge in [0.05, 0.1) is 4.99 Å². The minimum Gasteiger partial charge on any atom is -0.393 e. The predicted molar refractivity (Wildman–Crippen MR) is 77.1 cm³/mol. The molecule has 3 heteroatoms. The van der Waals surface area contributed by atoms with Gasteiger partial charge in [-0.3, -0.25) is 0 Å². The molecular formula is C14H26N2S. The Morgan fingerprint density at radius 3 is 2.47 bits per heavy atom. The van der Waals surface area contributed by atoms with E-state index >= 15 is 0 Å². The molecule has 2 fully saturated rings. The molecule has 0 aromatic heterocycles. The van der Waals surface area contributed by atoms with Crippen molar-refractivity contribution in [1.82, 2.24) is 4.90 Å². The van der Waals surface area contributed by atoms with E-state index in [1.54, 1.807) is 0 Å². The molecule has 0 radical (unpaired) electrons. The molecule has 0 heterocycles. The van der Waals surface area contributed by atoms with Crippen molar-refractivity contribution in [1.29, 1.82) is 0 Å². The summed E-state index contributed by atoms with van der Waals surface area (Å²) >= 11 is 5.06. The minimum absolute atomic E-state index is 0.454. The molecule has 0 amide bonds.